The third-order valence-electron chi connectivity index (χ3n) is 8.18. The molecule has 0 radical (unpaired) electrons. The van der Waals surface area contributed by atoms with Gasteiger partial charge in [0.25, 0.3) is 0 Å². The van der Waals surface area contributed by atoms with Gasteiger partial charge in [0.1, 0.15) is 5.82 Å². The Labute approximate surface area is 232 Å². The van der Waals surface area contributed by atoms with Crippen molar-refractivity contribution in [3.05, 3.63) is 83.2 Å². The zero-order chi connectivity index (χ0) is 27.6. The highest BCUT2D eigenvalue weighted by Gasteiger charge is 2.25. The molecule has 0 aromatic heterocycles. The molecule has 3 aromatic rings. The molecule has 1 heterocycles. The standard InChI is InChI=1S/C35H43F3O/c1-3-5-7-8-10-12-30-20-17-29(24-39-30)31-21-19-28(23-33(31)36)25-13-15-26(16-14-25)32-22-18-27(11-9-6-4-2)34(37)35(32)38/h13-16,18-19,21-23,29-30H,3-12,17,20,24H2,1-2H3. The van der Waals surface area contributed by atoms with Crippen LogP contribution in [0, 0.1) is 17.5 Å². The van der Waals surface area contributed by atoms with Crippen LogP contribution in [-0.4, -0.2) is 12.7 Å². The van der Waals surface area contributed by atoms with Crippen molar-refractivity contribution in [2.75, 3.05) is 6.61 Å². The molecule has 210 valence electrons. The lowest BCUT2D eigenvalue weighted by molar-refractivity contribution is -0.00273. The third kappa shape index (κ3) is 7.75. The summed E-state index contributed by atoms with van der Waals surface area (Å²) in [4.78, 5) is 0. The van der Waals surface area contributed by atoms with Gasteiger partial charge in [0.05, 0.1) is 12.7 Å². The summed E-state index contributed by atoms with van der Waals surface area (Å²) in [7, 11) is 0. The van der Waals surface area contributed by atoms with Gasteiger partial charge in [-0.3, -0.25) is 0 Å². The quantitative estimate of drug-likeness (QED) is 0.197. The van der Waals surface area contributed by atoms with Crippen LogP contribution in [0.25, 0.3) is 22.3 Å². The van der Waals surface area contributed by atoms with Gasteiger partial charge in [-0.2, -0.15) is 0 Å². The lowest BCUT2D eigenvalue weighted by Crippen LogP contribution is -2.25. The Bertz CT molecular complexity index is 1180. The molecule has 0 amide bonds. The maximum Gasteiger partial charge on any atom is 0.166 e. The second kappa shape index (κ2) is 14.7. The first-order valence-electron chi connectivity index (χ1n) is 15.0. The van der Waals surface area contributed by atoms with E-state index in [1.54, 1.807) is 30.3 Å². The largest absolute Gasteiger partial charge is 0.378 e. The summed E-state index contributed by atoms with van der Waals surface area (Å²) in [6.07, 6.45) is 13.1. The van der Waals surface area contributed by atoms with Gasteiger partial charge in [-0.1, -0.05) is 107 Å². The van der Waals surface area contributed by atoms with Crippen molar-refractivity contribution in [3.8, 4) is 22.3 Å². The van der Waals surface area contributed by atoms with Crippen LogP contribution in [0.4, 0.5) is 13.2 Å². The Morgan fingerprint density at radius 3 is 2.08 bits per heavy atom. The zero-order valence-corrected chi connectivity index (χ0v) is 23.6. The van der Waals surface area contributed by atoms with Crippen LogP contribution in [0.5, 0.6) is 0 Å². The lowest BCUT2D eigenvalue weighted by Gasteiger charge is -2.29. The van der Waals surface area contributed by atoms with Crippen molar-refractivity contribution in [3.63, 3.8) is 0 Å². The zero-order valence-electron chi connectivity index (χ0n) is 23.6. The Morgan fingerprint density at radius 1 is 0.692 bits per heavy atom. The molecule has 2 unspecified atom stereocenters. The number of rotatable bonds is 13. The summed E-state index contributed by atoms with van der Waals surface area (Å²) in [5.41, 5.74) is 3.60. The number of benzene rings is 3. The van der Waals surface area contributed by atoms with Gasteiger partial charge in [-0.25, -0.2) is 13.2 Å². The van der Waals surface area contributed by atoms with Gasteiger partial charge in [-0.05, 0) is 66.0 Å². The van der Waals surface area contributed by atoms with Crippen molar-refractivity contribution in [1.82, 2.24) is 0 Å². The Hall–Kier alpha value is -2.59. The van der Waals surface area contributed by atoms with E-state index in [2.05, 4.69) is 13.8 Å². The molecule has 3 aromatic carbocycles. The first-order chi connectivity index (χ1) is 19.0. The molecule has 0 N–H and O–H groups in total. The van der Waals surface area contributed by atoms with Crippen LogP contribution in [0.3, 0.4) is 0 Å². The van der Waals surface area contributed by atoms with Crippen molar-refractivity contribution < 1.29 is 17.9 Å². The molecule has 0 spiro atoms. The Kier molecular flexibility index (Phi) is 11.1. The predicted molar refractivity (Wildman–Crippen MR) is 156 cm³/mol. The van der Waals surface area contributed by atoms with Crippen LogP contribution in [0.2, 0.25) is 0 Å². The number of unbranched alkanes of at least 4 members (excludes halogenated alkanes) is 6. The highest BCUT2D eigenvalue weighted by atomic mass is 19.2. The predicted octanol–water partition coefficient (Wildman–Crippen LogP) is 10.8. The van der Waals surface area contributed by atoms with Gasteiger partial charge >= 0.3 is 0 Å². The molecule has 1 aliphatic heterocycles. The average Bonchev–Trinajstić information content (AvgIpc) is 2.96. The fraction of sp³-hybridized carbons (Fsp3) is 0.486. The summed E-state index contributed by atoms with van der Waals surface area (Å²) in [6, 6.07) is 16.0. The van der Waals surface area contributed by atoms with Gasteiger partial charge in [0.2, 0.25) is 0 Å². The molecular formula is C35H43F3O. The smallest absolute Gasteiger partial charge is 0.166 e. The van der Waals surface area contributed by atoms with Crippen molar-refractivity contribution in [2.24, 2.45) is 0 Å². The number of halogens is 3. The number of aryl methyl sites for hydroxylation is 1. The molecule has 1 saturated heterocycles. The lowest BCUT2D eigenvalue weighted by atomic mass is 9.88. The van der Waals surface area contributed by atoms with Crippen molar-refractivity contribution in [2.45, 2.75) is 103 Å². The molecule has 2 atom stereocenters. The molecule has 39 heavy (non-hydrogen) atoms. The minimum absolute atomic E-state index is 0.0839. The number of hydrogen-bond acceptors (Lipinski definition) is 1. The van der Waals surface area contributed by atoms with Gasteiger partial charge in [-0.15, -0.1) is 0 Å². The average molecular weight is 537 g/mol. The maximum absolute atomic E-state index is 15.2. The summed E-state index contributed by atoms with van der Waals surface area (Å²) in [6.45, 7) is 4.89. The SMILES string of the molecule is CCCCCCCC1CCC(c2ccc(-c3ccc(-c4ccc(CCCCC)c(F)c4F)cc3)cc2F)CO1. The fourth-order valence-electron chi connectivity index (χ4n) is 5.71. The van der Waals surface area contributed by atoms with Gasteiger partial charge < -0.3 is 4.74 Å². The van der Waals surface area contributed by atoms with E-state index in [0.717, 1.165) is 49.7 Å². The fourth-order valence-corrected chi connectivity index (χ4v) is 5.71. The van der Waals surface area contributed by atoms with Crippen LogP contribution >= 0.6 is 0 Å². The molecule has 4 heteroatoms. The van der Waals surface area contributed by atoms with Crippen molar-refractivity contribution in [1.29, 1.82) is 0 Å². The summed E-state index contributed by atoms with van der Waals surface area (Å²) in [5.74, 6) is -1.69. The van der Waals surface area contributed by atoms with E-state index in [9.17, 15) is 8.78 Å². The Balaban J connectivity index is 1.37. The second-order valence-electron chi connectivity index (χ2n) is 11.1. The minimum Gasteiger partial charge on any atom is -0.378 e. The summed E-state index contributed by atoms with van der Waals surface area (Å²) >= 11 is 0. The van der Waals surface area contributed by atoms with E-state index in [0.29, 0.717) is 35.8 Å². The first kappa shape index (κ1) is 29.4. The van der Waals surface area contributed by atoms with Crippen LogP contribution < -0.4 is 0 Å². The molecule has 0 aliphatic carbocycles. The monoisotopic (exact) mass is 536 g/mol. The van der Waals surface area contributed by atoms with Crippen molar-refractivity contribution >= 4 is 0 Å². The van der Waals surface area contributed by atoms with E-state index < -0.39 is 11.6 Å². The third-order valence-corrected chi connectivity index (χ3v) is 8.18. The van der Waals surface area contributed by atoms with Gasteiger partial charge in [0, 0.05) is 11.5 Å². The van der Waals surface area contributed by atoms with Crippen LogP contribution in [0.15, 0.2) is 54.6 Å². The molecule has 0 saturated carbocycles. The molecule has 0 bridgehead atoms. The Morgan fingerprint density at radius 2 is 1.38 bits per heavy atom. The first-order valence-corrected chi connectivity index (χ1v) is 15.0. The topological polar surface area (TPSA) is 9.23 Å². The normalized spacial score (nSPS) is 17.5. The molecule has 1 aliphatic rings. The van der Waals surface area contributed by atoms with E-state index in [1.165, 1.54) is 32.1 Å². The van der Waals surface area contributed by atoms with E-state index in [-0.39, 0.29) is 17.3 Å². The number of ether oxygens (including phenoxy) is 1. The minimum atomic E-state index is -0.805. The molecule has 1 fully saturated rings. The molecule has 4 rings (SSSR count). The van der Waals surface area contributed by atoms with E-state index in [4.69, 9.17) is 4.74 Å². The van der Waals surface area contributed by atoms with Crippen LogP contribution in [0.1, 0.15) is 102 Å². The summed E-state index contributed by atoms with van der Waals surface area (Å²) in [5, 5.41) is 0. The van der Waals surface area contributed by atoms with E-state index in [1.807, 2.05) is 24.3 Å². The molecule has 1 nitrogen and oxygen atoms in total. The highest BCUT2D eigenvalue weighted by Crippen LogP contribution is 2.34. The van der Waals surface area contributed by atoms with E-state index >= 15 is 4.39 Å². The summed E-state index contributed by atoms with van der Waals surface area (Å²) < 4.78 is 50.8. The second-order valence-corrected chi connectivity index (χ2v) is 11.1. The van der Waals surface area contributed by atoms with Crippen LogP contribution in [-0.2, 0) is 11.2 Å². The highest BCUT2D eigenvalue weighted by molar-refractivity contribution is 5.71. The van der Waals surface area contributed by atoms with Gasteiger partial charge in [0.15, 0.2) is 11.6 Å². The maximum atomic E-state index is 15.2. The number of hydrogen-bond donors (Lipinski definition) is 0. The molecular weight excluding hydrogens is 493 g/mol.